The summed E-state index contributed by atoms with van der Waals surface area (Å²) in [6.45, 7) is 6.48. The van der Waals surface area contributed by atoms with Gasteiger partial charge in [-0.2, -0.15) is 8.78 Å². The Balaban J connectivity index is 1.70. The highest BCUT2D eigenvalue weighted by atomic mass is 35.5. The molecule has 3 aromatic rings. The van der Waals surface area contributed by atoms with Crippen molar-refractivity contribution in [3.05, 3.63) is 85.5 Å². The molecule has 1 aliphatic heterocycles. The Morgan fingerprint density at radius 2 is 1.83 bits per heavy atom. The van der Waals surface area contributed by atoms with Crippen LogP contribution in [0.15, 0.2) is 48.7 Å². The van der Waals surface area contributed by atoms with Gasteiger partial charge < -0.3 is 10.0 Å². The van der Waals surface area contributed by atoms with E-state index in [1.165, 1.54) is 12.1 Å². The molecule has 4 atom stereocenters. The number of carbonyl (C=O) groups excluding carboxylic acids is 1. The fourth-order valence-corrected chi connectivity index (χ4v) is 9.09. The number of hydrogen-bond donors (Lipinski definition) is 1. The van der Waals surface area contributed by atoms with Crippen molar-refractivity contribution in [2.45, 2.75) is 82.0 Å². The van der Waals surface area contributed by atoms with Gasteiger partial charge in [0, 0.05) is 29.6 Å². The Hall–Kier alpha value is -2.67. The molecule has 7 nitrogen and oxygen atoms in total. The Kier molecular flexibility index (Phi) is 9.59. The van der Waals surface area contributed by atoms with E-state index in [0.29, 0.717) is 40.3 Å². The van der Waals surface area contributed by atoms with Crippen LogP contribution < -0.4 is 0 Å². The summed E-state index contributed by atoms with van der Waals surface area (Å²) in [4.78, 5) is 31.1. The summed E-state index contributed by atoms with van der Waals surface area (Å²) < 4.78 is 70.1. The molecule has 1 saturated carbocycles. The first-order chi connectivity index (χ1) is 21.7. The number of nitrogens with zero attached hydrogens (tertiary/aromatic N) is 2. The van der Waals surface area contributed by atoms with Crippen molar-refractivity contribution < 1.29 is 36.3 Å². The van der Waals surface area contributed by atoms with Crippen LogP contribution in [0.2, 0.25) is 10.0 Å². The number of thiazole rings is 1. The topological polar surface area (TPSA) is 105 Å². The second-order valence-corrected chi connectivity index (χ2v) is 18.5. The Bertz CT molecular complexity index is 1810. The van der Waals surface area contributed by atoms with Crippen LogP contribution in [0.4, 0.5) is 13.2 Å². The lowest BCUT2D eigenvalue weighted by Crippen LogP contribution is -2.59. The van der Waals surface area contributed by atoms with E-state index in [1.807, 2.05) is 6.07 Å². The third-order valence-corrected chi connectivity index (χ3v) is 13.4. The van der Waals surface area contributed by atoms with Crippen LogP contribution in [0.5, 0.6) is 0 Å². The lowest BCUT2D eigenvalue weighted by Gasteiger charge is -2.52. The molecule has 2 heterocycles. The van der Waals surface area contributed by atoms with Crippen molar-refractivity contribution in [3.63, 3.8) is 0 Å². The molecular formula is C33H35Cl2F3N2O5S2. The number of carboxylic acids is 1. The van der Waals surface area contributed by atoms with Gasteiger partial charge in [-0.1, -0.05) is 48.3 Å². The molecule has 14 heteroatoms. The minimum absolute atomic E-state index is 0.113. The van der Waals surface area contributed by atoms with E-state index in [9.17, 15) is 26.8 Å². The first kappa shape index (κ1) is 35.6. The van der Waals surface area contributed by atoms with Crippen LogP contribution in [0, 0.1) is 17.2 Å². The minimum Gasteiger partial charge on any atom is -0.477 e. The summed E-state index contributed by atoms with van der Waals surface area (Å²) in [6, 6.07) is 9.69. The van der Waals surface area contributed by atoms with Gasteiger partial charge in [-0.25, -0.2) is 22.6 Å². The Morgan fingerprint density at radius 3 is 2.40 bits per heavy atom. The second kappa shape index (κ2) is 12.7. The summed E-state index contributed by atoms with van der Waals surface area (Å²) in [7, 11) is -3.76. The number of sulfone groups is 1. The van der Waals surface area contributed by atoms with Gasteiger partial charge in [0.1, 0.15) is 10.7 Å². The minimum atomic E-state index is -4.16. The fourth-order valence-electron chi connectivity index (χ4n) is 6.32. The molecule has 0 radical (unpaired) electrons. The van der Waals surface area contributed by atoms with E-state index in [0.717, 1.165) is 6.20 Å². The molecule has 5 rings (SSSR count). The van der Waals surface area contributed by atoms with Crippen LogP contribution in [-0.2, 0) is 31.8 Å². The molecular weight excluding hydrogens is 696 g/mol. The van der Waals surface area contributed by atoms with Gasteiger partial charge in [0.2, 0.25) is 5.91 Å². The van der Waals surface area contributed by atoms with Gasteiger partial charge in [0.05, 0.1) is 32.0 Å². The first-order valence-corrected chi connectivity index (χ1v) is 18.3. The van der Waals surface area contributed by atoms with E-state index in [1.54, 1.807) is 56.9 Å². The quantitative estimate of drug-likeness (QED) is 0.226. The number of aromatic nitrogens is 1. The molecule has 1 N–H and O–H groups in total. The number of rotatable bonds is 10. The Labute approximate surface area is 286 Å². The Morgan fingerprint density at radius 1 is 1.15 bits per heavy atom. The van der Waals surface area contributed by atoms with Crippen molar-refractivity contribution in [3.8, 4) is 0 Å². The molecule has 0 spiro atoms. The average Bonchev–Trinajstić information content (AvgIpc) is 3.71. The summed E-state index contributed by atoms with van der Waals surface area (Å²) in [5, 5.41) is 9.49. The number of alkyl halides is 2. The van der Waals surface area contributed by atoms with Gasteiger partial charge in [-0.05, 0) is 81.3 Å². The van der Waals surface area contributed by atoms with Crippen molar-refractivity contribution in [2.75, 3.05) is 5.75 Å². The van der Waals surface area contributed by atoms with Crippen LogP contribution in [0.25, 0.3) is 0 Å². The van der Waals surface area contributed by atoms with E-state index < -0.39 is 66.5 Å². The highest BCUT2D eigenvalue weighted by molar-refractivity contribution is 7.92. The monoisotopic (exact) mass is 730 g/mol. The maximum Gasteiger partial charge on any atom is 0.380 e. The van der Waals surface area contributed by atoms with Gasteiger partial charge in [0.15, 0.2) is 9.84 Å². The van der Waals surface area contributed by atoms with Crippen molar-refractivity contribution >= 4 is 56.3 Å². The fraction of sp³-hybridized carbons (Fsp3) is 0.485. The van der Waals surface area contributed by atoms with Crippen molar-refractivity contribution in [1.82, 2.24) is 9.88 Å². The molecule has 2 aliphatic rings. The normalized spacial score (nSPS) is 23.2. The lowest BCUT2D eigenvalue weighted by atomic mass is 9.67. The molecule has 1 amide bonds. The number of carboxylic acid groups (broad SMARTS) is 1. The van der Waals surface area contributed by atoms with Crippen LogP contribution in [0.3, 0.4) is 0 Å². The molecule has 1 saturated heterocycles. The van der Waals surface area contributed by atoms with Crippen LogP contribution in [0.1, 0.15) is 79.9 Å². The zero-order valence-electron chi connectivity index (χ0n) is 26.1. The highest BCUT2D eigenvalue weighted by Gasteiger charge is 2.55. The molecule has 47 heavy (non-hydrogen) atoms. The number of aliphatic carboxylic acids is 1. The molecule has 2 fully saturated rings. The summed E-state index contributed by atoms with van der Waals surface area (Å²) >= 11 is 13.0. The zero-order chi connectivity index (χ0) is 34.7. The van der Waals surface area contributed by atoms with Gasteiger partial charge >= 0.3 is 11.9 Å². The summed E-state index contributed by atoms with van der Waals surface area (Å²) in [6.07, 6.45) is 2.21. The number of carbonyl (C=O) groups is 2. The van der Waals surface area contributed by atoms with E-state index in [-0.39, 0.29) is 34.5 Å². The average molecular weight is 732 g/mol. The van der Waals surface area contributed by atoms with Gasteiger partial charge in [-0.15, -0.1) is 11.3 Å². The standard InChI is InChI=1S/C33H35Cl2F3N2O5S2/c1-31(2,3)47(44,45)17-25(18-8-9-18)40-28(20-10-11-23(35)24(36)13-20)22(19-6-5-7-21(34)12-19)14-32(4,29(40)41)15-27-39-16-26(46-27)33(37,38)30(42)43/h5-7,10-13,16,18,22,25,28H,8-9,14-15,17H2,1-4H3,(H,42,43)/t22-,25-,28-,32-/m1/s1. The second-order valence-electron chi connectivity index (χ2n) is 13.7. The number of hydrogen-bond acceptors (Lipinski definition) is 6. The number of likely N-dealkylation sites (tertiary alicyclic amines) is 1. The van der Waals surface area contributed by atoms with E-state index >= 15 is 4.39 Å². The van der Waals surface area contributed by atoms with Crippen molar-refractivity contribution in [1.29, 1.82) is 0 Å². The van der Waals surface area contributed by atoms with Gasteiger partial charge in [-0.3, -0.25) is 4.79 Å². The first-order valence-electron chi connectivity index (χ1n) is 15.1. The molecule has 1 aromatic heterocycles. The molecule has 254 valence electrons. The largest absolute Gasteiger partial charge is 0.477 e. The number of piperidine rings is 1. The molecule has 1 aliphatic carbocycles. The maximum atomic E-state index is 15.1. The smallest absolute Gasteiger partial charge is 0.380 e. The third kappa shape index (κ3) is 7.07. The number of halogens is 5. The molecule has 2 aromatic carbocycles. The summed E-state index contributed by atoms with van der Waals surface area (Å²) in [5.74, 6) is -8.62. The SMILES string of the molecule is CC(C)(C)S(=O)(=O)C[C@H](C1CC1)N1C(=O)[C@@](C)(Cc2ncc(C(F)(F)C(=O)O)s2)C[C@H](c2cccc(Cl)c2)[C@H]1c1ccc(Cl)c(F)c1. The number of benzene rings is 2. The van der Waals surface area contributed by atoms with E-state index in [2.05, 4.69) is 4.98 Å². The van der Waals surface area contributed by atoms with Crippen LogP contribution >= 0.6 is 34.5 Å². The molecule has 0 bridgehead atoms. The lowest BCUT2D eigenvalue weighted by molar-refractivity contribution is -0.165. The zero-order valence-corrected chi connectivity index (χ0v) is 29.3. The van der Waals surface area contributed by atoms with Crippen molar-refractivity contribution in [2.24, 2.45) is 11.3 Å². The molecule has 0 unspecified atom stereocenters. The summed E-state index contributed by atoms with van der Waals surface area (Å²) in [5.41, 5.74) is -0.170. The van der Waals surface area contributed by atoms with E-state index in [4.69, 9.17) is 28.3 Å². The predicted molar refractivity (Wildman–Crippen MR) is 175 cm³/mol. The predicted octanol–water partition coefficient (Wildman–Crippen LogP) is 8.06. The van der Waals surface area contributed by atoms with Crippen LogP contribution in [-0.4, -0.2) is 51.8 Å². The highest BCUT2D eigenvalue weighted by Crippen LogP contribution is 2.54. The van der Waals surface area contributed by atoms with Gasteiger partial charge in [0.25, 0.3) is 0 Å². The third-order valence-electron chi connectivity index (χ3n) is 9.18. The number of amides is 1. The maximum absolute atomic E-state index is 15.1.